The summed E-state index contributed by atoms with van der Waals surface area (Å²) in [5.74, 6) is 1.10. The molecule has 1 aromatic heterocycles. The van der Waals surface area contributed by atoms with Gasteiger partial charge in [0.25, 0.3) is 0 Å². The Bertz CT molecular complexity index is 650. The number of Topliss-reactive ketones (excluding diaryl/α,β-unsaturated/α-hetero) is 1. The molecule has 0 aromatic carbocycles. The van der Waals surface area contributed by atoms with Crippen molar-refractivity contribution in [2.24, 2.45) is 11.8 Å². The first-order valence-corrected chi connectivity index (χ1v) is 7.60. The molecule has 0 saturated heterocycles. The van der Waals surface area contributed by atoms with Crippen LogP contribution in [0.25, 0.3) is 0 Å². The van der Waals surface area contributed by atoms with E-state index in [2.05, 4.69) is 11.9 Å². The standard InChI is InChI=1S/C17H22N2O2/c1-9-14-6-5-13-10(2)18-11(3)19-16(13)17(14,4)7-12(8-20)15(9)21/h8-9,14,20H,5-7H2,1-4H3/b12-8-/t9-,14-,17-/m0/s1. The summed E-state index contributed by atoms with van der Waals surface area (Å²) in [6.07, 6.45) is 3.50. The molecule has 3 rings (SSSR count). The fourth-order valence-electron chi connectivity index (χ4n) is 4.39. The minimum Gasteiger partial charge on any atom is -0.515 e. The van der Waals surface area contributed by atoms with E-state index in [9.17, 15) is 9.90 Å². The van der Waals surface area contributed by atoms with E-state index in [0.29, 0.717) is 12.0 Å². The summed E-state index contributed by atoms with van der Waals surface area (Å²) in [7, 11) is 0. The van der Waals surface area contributed by atoms with Crippen LogP contribution < -0.4 is 0 Å². The van der Waals surface area contributed by atoms with Gasteiger partial charge >= 0.3 is 0 Å². The summed E-state index contributed by atoms with van der Waals surface area (Å²) in [5, 5.41) is 9.43. The molecule has 3 atom stereocenters. The first kappa shape index (κ1) is 14.2. The summed E-state index contributed by atoms with van der Waals surface area (Å²) in [6, 6.07) is 0. The van der Waals surface area contributed by atoms with Crippen LogP contribution in [0.5, 0.6) is 0 Å². The van der Waals surface area contributed by atoms with Gasteiger partial charge in [-0.3, -0.25) is 4.79 Å². The smallest absolute Gasteiger partial charge is 0.165 e. The highest BCUT2D eigenvalue weighted by Gasteiger charge is 2.51. The molecule has 0 spiro atoms. The molecule has 1 aromatic rings. The Morgan fingerprint density at radius 1 is 1.33 bits per heavy atom. The number of carbonyl (C=O) groups is 1. The second-order valence-electron chi connectivity index (χ2n) is 6.73. The third kappa shape index (κ3) is 1.92. The fraction of sp³-hybridized carbons (Fsp3) is 0.588. The lowest BCUT2D eigenvalue weighted by Gasteiger charge is -2.48. The van der Waals surface area contributed by atoms with Crippen molar-refractivity contribution in [1.29, 1.82) is 0 Å². The number of fused-ring (bicyclic) bond motifs is 3. The number of ketones is 1. The summed E-state index contributed by atoms with van der Waals surface area (Å²) in [5.41, 5.74) is 3.72. The Balaban J connectivity index is 2.19. The van der Waals surface area contributed by atoms with E-state index in [0.717, 1.165) is 36.3 Å². The van der Waals surface area contributed by atoms with Gasteiger partial charge in [0.15, 0.2) is 5.78 Å². The van der Waals surface area contributed by atoms with Gasteiger partial charge in [-0.05, 0) is 44.6 Å². The molecule has 2 aliphatic rings. The zero-order chi connectivity index (χ0) is 15.4. The maximum atomic E-state index is 12.3. The van der Waals surface area contributed by atoms with Crippen molar-refractivity contribution >= 4 is 5.78 Å². The molecule has 0 bridgehead atoms. The van der Waals surface area contributed by atoms with Gasteiger partial charge in [0.05, 0.1) is 12.0 Å². The SMILES string of the molecule is Cc1nc(C)c2c(n1)[C@@]1(C)C/C(=C/O)C(=O)[C@@H](C)[C@@H]1CC2. The highest BCUT2D eigenvalue weighted by atomic mass is 16.2. The first-order chi connectivity index (χ1) is 9.88. The largest absolute Gasteiger partial charge is 0.515 e. The van der Waals surface area contributed by atoms with Gasteiger partial charge in [0.2, 0.25) is 0 Å². The third-order valence-electron chi connectivity index (χ3n) is 5.44. The molecule has 0 unspecified atom stereocenters. The van der Waals surface area contributed by atoms with Gasteiger partial charge in [-0.15, -0.1) is 0 Å². The molecule has 0 radical (unpaired) electrons. The minimum atomic E-state index is -0.187. The van der Waals surface area contributed by atoms with Crippen LogP contribution in [0.15, 0.2) is 11.8 Å². The van der Waals surface area contributed by atoms with Gasteiger partial charge in [-0.2, -0.15) is 0 Å². The van der Waals surface area contributed by atoms with Gasteiger partial charge in [0.1, 0.15) is 5.82 Å². The van der Waals surface area contributed by atoms with Crippen LogP contribution in [0.4, 0.5) is 0 Å². The Labute approximate surface area is 125 Å². The van der Waals surface area contributed by atoms with E-state index < -0.39 is 0 Å². The molecular weight excluding hydrogens is 264 g/mol. The third-order valence-corrected chi connectivity index (χ3v) is 5.44. The lowest BCUT2D eigenvalue weighted by atomic mass is 9.55. The molecule has 1 N–H and O–H groups in total. The van der Waals surface area contributed by atoms with Crippen molar-refractivity contribution in [1.82, 2.24) is 9.97 Å². The van der Waals surface area contributed by atoms with E-state index in [1.54, 1.807) is 0 Å². The van der Waals surface area contributed by atoms with Crippen molar-refractivity contribution in [3.05, 3.63) is 34.6 Å². The van der Waals surface area contributed by atoms with Gasteiger partial charge in [-0.25, -0.2) is 9.97 Å². The molecule has 1 heterocycles. The van der Waals surface area contributed by atoms with Gasteiger partial charge in [-0.1, -0.05) is 13.8 Å². The molecule has 1 saturated carbocycles. The van der Waals surface area contributed by atoms with Crippen LogP contribution in [0.1, 0.15) is 49.5 Å². The van der Waals surface area contributed by atoms with E-state index in [4.69, 9.17) is 4.98 Å². The minimum absolute atomic E-state index is 0.0640. The van der Waals surface area contributed by atoms with Crippen molar-refractivity contribution in [3.8, 4) is 0 Å². The van der Waals surface area contributed by atoms with Crippen molar-refractivity contribution in [2.75, 3.05) is 0 Å². The second kappa shape index (κ2) is 4.65. The molecule has 21 heavy (non-hydrogen) atoms. The summed E-state index contributed by atoms with van der Waals surface area (Å²) < 4.78 is 0. The first-order valence-electron chi connectivity index (χ1n) is 7.60. The van der Waals surface area contributed by atoms with E-state index in [1.807, 2.05) is 20.8 Å². The fourth-order valence-corrected chi connectivity index (χ4v) is 4.39. The molecule has 4 heteroatoms. The summed E-state index contributed by atoms with van der Waals surface area (Å²) in [4.78, 5) is 21.6. The lowest BCUT2D eigenvalue weighted by molar-refractivity contribution is -0.124. The average Bonchev–Trinajstić information content (AvgIpc) is 2.43. The number of hydrogen-bond acceptors (Lipinski definition) is 4. The number of carbonyl (C=O) groups excluding carboxylic acids is 1. The lowest BCUT2D eigenvalue weighted by Crippen LogP contribution is -2.48. The van der Waals surface area contributed by atoms with E-state index in [1.165, 1.54) is 5.56 Å². The summed E-state index contributed by atoms with van der Waals surface area (Å²) >= 11 is 0. The Hall–Kier alpha value is -1.71. The zero-order valence-corrected chi connectivity index (χ0v) is 13.1. The van der Waals surface area contributed by atoms with Crippen LogP contribution in [-0.4, -0.2) is 20.9 Å². The summed E-state index contributed by atoms with van der Waals surface area (Å²) in [6.45, 7) is 8.13. The van der Waals surface area contributed by atoms with Crippen LogP contribution in [0.2, 0.25) is 0 Å². The number of aryl methyl sites for hydroxylation is 2. The molecule has 1 fully saturated rings. The maximum absolute atomic E-state index is 12.3. The van der Waals surface area contributed by atoms with Crippen molar-refractivity contribution < 1.29 is 9.90 Å². The number of aliphatic hydroxyl groups is 1. The Kier molecular flexibility index (Phi) is 3.15. The van der Waals surface area contributed by atoms with Crippen molar-refractivity contribution in [3.63, 3.8) is 0 Å². The zero-order valence-electron chi connectivity index (χ0n) is 13.1. The molecule has 4 nitrogen and oxygen atoms in total. The second-order valence-corrected chi connectivity index (χ2v) is 6.73. The monoisotopic (exact) mass is 286 g/mol. The number of rotatable bonds is 0. The van der Waals surface area contributed by atoms with Crippen LogP contribution >= 0.6 is 0 Å². The number of allylic oxidation sites excluding steroid dienone is 1. The van der Waals surface area contributed by atoms with Gasteiger partial charge < -0.3 is 5.11 Å². The molecule has 112 valence electrons. The number of hydrogen-bond donors (Lipinski definition) is 1. The topological polar surface area (TPSA) is 63.1 Å². The number of aliphatic hydroxyl groups excluding tert-OH is 1. The Morgan fingerprint density at radius 3 is 2.71 bits per heavy atom. The average molecular weight is 286 g/mol. The number of aromatic nitrogens is 2. The normalized spacial score (nSPS) is 33.7. The Morgan fingerprint density at radius 2 is 2.05 bits per heavy atom. The quantitative estimate of drug-likeness (QED) is 0.588. The van der Waals surface area contributed by atoms with Crippen LogP contribution in [0, 0.1) is 25.7 Å². The maximum Gasteiger partial charge on any atom is 0.165 e. The van der Waals surface area contributed by atoms with Crippen LogP contribution in [-0.2, 0) is 16.6 Å². The predicted octanol–water partition coefficient (Wildman–Crippen LogP) is 2.96. The predicted molar refractivity (Wildman–Crippen MR) is 80.2 cm³/mol. The highest BCUT2D eigenvalue weighted by molar-refractivity contribution is 5.98. The van der Waals surface area contributed by atoms with Crippen molar-refractivity contribution in [2.45, 2.75) is 52.4 Å². The van der Waals surface area contributed by atoms with Gasteiger partial charge in [0, 0.05) is 22.6 Å². The molecule has 2 aliphatic carbocycles. The van der Waals surface area contributed by atoms with Crippen LogP contribution in [0.3, 0.4) is 0 Å². The van der Waals surface area contributed by atoms with E-state index >= 15 is 0 Å². The molecule has 0 amide bonds. The number of nitrogens with zero attached hydrogens (tertiary/aromatic N) is 2. The van der Waals surface area contributed by atoms with E-state index in [-0.39, 0.29) is 23.0 Å². The molecular formula is C17H22N2O2. The molecule has 0 aliphatic heterocycles. The highest BCUT2D eigenvalue weighted by Crippen LogP contribution is 2.52.